The fraction of sp³-hybridized carbons (Fsp3) is 0.500. The van der Waals surface area contributed by atoms with Gasteiger partial charge in [-0.1, -0.05) is 6.08 Å². The summed E-state index contributed by atoms with van der Waals surface area (Å²) in [6.07, 6.45) is 1.75. The van der Waals surface area contributed by atoms with E-state index in [1.54, 1.807) is 6.08 Å². The van der Waals surface area contributed by atoms with Crippen molar-refractivity contribution in [3.8, 4) is 0 Å². The second-order valence-electron chi connectivity index (χ2n) is 0.656. The topological polar surface area (TPSA) is 0 Å². The Labute approximate surface area is 40.6 Å². The van der Waals surface area contributed by atoms with Crippen molar-refractivity contribution >= 4 is 0 Å². The van der Waals surface area contributed by atoms with Crippen LogP contribution in [0.3, 0.4) is 0 Å². The summed E-state index contributed by atoms with van der Waals surface area (Å²) in [6, 6.07) is 0. The average molecular weight is 112 g/mol. The summed E-state index contributed by atoms with van der Waals surface area (Å²) in [5.74, 6) is 0. The Bertz CT molecular complexity index is 31.2. The lowest BCUT2D eigenvalue weighted by atomic mass is 10.8. The van der Waals surface area contributed by atoms with Crippen LogP contribution in [0.15, 0.2) is 12.7 Å². The lowest BCUT2D eigenvalue weighted by Crippen LogP contribution is -1.65. The van der Waals surface area contributed by atoms with Crippen molar-refractivity contribution in [2.24, 2.45) is 0 Å². The van der Waals surface area contributed by atoms with Crippen LogP contribution in [0.5, 0.6) is 0 Å². The van der Waals surface area contributed by atoms with Crippen LogP contribution in [-0.2, 0) is 0 Å². The first-order valence-corrected chi connectivity index (χ1v) is 1.64. The number of hydrogen-bond donors (Lipinski definition) is 0. The summed E-state index contributed by atoms with van der Waals surface area (Å²) in [4.78, 5) is 0. The molecule has 0 aromatic carbocycles. The van der Waals surface area contributed by atoms with E-state index < -0.39 is 6.68 Å². The molecule has 0 amide bonds. The molecule has 0 aromatic heterocycles. The Kier molecular flexibility index (Phi) is 12.7. The molecule has 0 aliphatic carbocycles. The minimum absolute atomic E-state index is 1.75. The minimum Gasteiger partial charge on any atom is -0.174 e. The Morgan fingerprint density at radius 3 is 1.43 bits per heavy atom. The smallest absolute Gasteiger partial charge is 0.174 e. The monoisotopic (exact) mass is 112 g/mol. The highest BCUT2D eigenvalue weighted by atomic mass is 19.4. The Morgan fingerprint density at radius 2 is 1.43 bits per heavy atom. The third-order valence-corrected chi connectivity index (χ3v) is 0. The zero-order valence-corrected chi connectivity index (χ0v) is 4.00. The van der Waals surface area contributed by atoms with Crippen molar-refractivity contribution in [2.45, 2.75) is 13.6 Å². The van der Waals surface area contributed by atoms with E-state index in [-0.39, 0.29) is 0 Å². The number of halogens is 3. The highest BCUT2D eigenvalue weighted by Gasteiger charge is 1.86. The molecular formula is C4H7F3. The summed E-state index contributed by atoms with van der Waals surface area (Å²) in [5, 5.41) is 0. The van der Waals surface area contributed by atoms with E-state index in [2.05, 4.69) is 6.58 Å². The van der Waals surface area contributed by atoms with Crippen molar-refractivity contribution in [1.29, 1.82) is 0 Å². The van der Waals surface area contributed by atoms with Gasteiger partial charge in [-0.05, 0) is 6.92 Å². The van der Waals surface area contributed by atoms with Crippen LogP contribution in [-0.4, -0.2) is 6.68 Å². The van der Waals surface area contributed by atoms with E-state index in [1.807, 2.05) is 6.92 Å². The second-order valence-corrected chi connectivity index (χ2v) is 0.656. The summed E-state index contributed by atoms with van der Waals surface area (Å²) in [6.45, 7) is 1.58. The van der Waals surface area contributed by atoms with E-state index in [0.717, 1.165) is 0 Å². The first-order valence-electron chi connectivity index (χ1n) is 1.64. The Balaban J connectivity index is 0. The molecule has 0 radical (unpaired) electrons. The molecule has 44 valence electrons. The predicted octanol–water partition coefficient (Wildman–Crippen LogP) is 2.37. The lowest BCUT2D eigenvalue weighted by molar-refractivity contribution is 0.00819. The van der Waals surface area contributed by atoms with Crippen LogP contribution in [0.1, 0.15) is 6.92 Å². The molecule has 7 heavy (non-hydrogen) atoms. The summed E-state index contributed by atoms with van der Waals surface area (Å²) in [7, 11) is 0. The van der Waals surface area contributed by atoms with Crippen LogP contribution >= 0.6 is 0 Å². The van der Waals surface area contributed by atoms with Gasteiger partial charge < -0.3 is 0 Å². The van der Waals surface area contributed by atoms with E-state index in [1.165, 1.54) is 0 Å². The molecule has 0 unspecified atom stereocenters. The van der Waals surface area contributed by atoms with E-state index >= 15 is 0 Å². The molecule has 0 aliphatic rings. The summed E-state index contributed by atoms with van der Waals surface area (Å²) < 4.78 is 29.0. The zero-order valence-electron chi connectivity index (χ0n) is 4.00. The maximum absolute atomic E-state index is 9.67. The molecular weight excluding hydrogens is 105 g/mol. The fourth-order valence-electron chi connectivity index (χ4n) is 0. The van der Waals surface area contributed by atoms with Gasteiger partial charge in [0, 0.05) is 0 Å². The molecule has 0 spiro atoms. The predicted molar refractivity (Wildman–Crippen MR) is 23.0 cm³/mol. The standard InChI is InChI=1S/C3H6.CHF3/c1-3-2;2-1(3)4/h3H,1H2,2H3;1H. The molecule has 0 N–H and O–H groups in total. The van der Waals surface area contributed by atoms with Gasteiger partial charge in [-0.15, -0.1) is 6.58 Å². The number of hydrogen-bond acceptors (Lipinski definition) is 0. The molecule has 0 rings (SSSR count). The average Bonchev–Trinajstić information content (AvgIpc) is 1.33. The molecule has 0 nitrogen and oxygen atoms in total. The number of rotatable bonds is 0. The minimum atomic E-state index is -3.67. The molecule has 0 aliphatic heterocycles. The summed E-state index contributed by atoms with van der Waals surface area (Å²) >= 11 is 0. The van der Waals surface area contributed by atoms with Gasteiger partial charge in [0.2, 0.25) is 0 Å². The molecule has 0 heterocycles. The Morgan fingerprint density at radius 1 is 1.43 bits per heavy atom. The van der Waals surface area contributed by atoms with Crippen LogP contribution < -0.4 is 0 Å². The third-order valence-electron chi connectivity index (χ3n) is 0. The van der Waals surface area contributed by atoms with Gasteiger partial charge in [-0.2, -0.15) is 13.2 Å². The van der Waals surface area contributed by atoms with Crippen molar-refractivity contribution in [3.05, 3.63) is 12.7 Å². The zero-order chi connectivity index (χ0) is 6.28. The number of alkyl halides is 3. The normalized spacial score (nSPS) is 7.00. The SMILES string of the molecule is C=CC.FC(F)F. The molecule has 0 aromatic rings. The van der Waals surface area contributed by atoms with Gasteiger partial charge in [0.05, 0.1) is 0 Å². The molecule has 0 saturated heterocycles. The van der Waals surface area contributed by atoms with Gasteiger partial charge in [-0.3, -0.25) is 0 Å². The van der Waals surface area contributed by atoms with Gasteiger partial charge in [0.25, 0.3) is 0 Å². The highest BCUT2D eigenvalue weighted by molar-refractivity contribution is 4.51. The van der Waals surface area contributed by atoms with Gasteiger partial charge in [0.15, 0.2) is 0 Å². The maximum Gasteiger partial charge on any atom is 0.379 e. The highest BCUT2D eigenvalue weighted by Crippen LogP contribution is 1.87. The lowest BCUT2D eigenvalue weighted by Gasteiger charge is -1.65. The second kappa shape index (κ2) is 9.11. The van der Waals surface area contributed by atoms with E-state index in [9.17, 15) is 13.2 Å². The van der Waals surface area contributed by atoms with Crippen LogP contribution in [0.4, 0.5) is 13.2 Å². The molecule has 3 heteroatoms. The van der Waals surface area contributed by atoms with E-state index in [4.69, 9.17) is 0 Å². The fourth-order valence-corrected chi connectivity index (χ4v) is 0. The Hall–Kier alpha value is -0.470. The first-order chi connectivity index (χ1) is 3.15. The van der Waals surface area contributed by atoms with Crippen LogP contribution in [0, 0.1) is 0 Å². The quantitative estimate of drug-likeness (QED) is 0.422. The van der Waals surface area contributed by atoms with Crippen molar-refractivity contribution in [3.63, 3.8) is 0 Å². The van der Waals surface area contributed by atoms with Gasteiger partial charge in [-0.25, -0.2) is 0 Å². The largest absolute Gasteiger partial charge is 0.379 e. The van der Waals surface area contributed by atoms with Crippen molar-refractivity contribution < 1.29 is 13.2 Å². The molecule has 0 bridgehead atoms. The molecule has 0 fully saturated rings. The third kappa shape index (κ3) is 312. The van der Waals surface area contributed by atoms with Crippen molar-refractivity contribution in [1.82, 2.24) is 0 Å². The maximum atomic E-state index is 9.67. The van der Waals surface area contributed by atoms with Gasteiger partial charge in [0.1, 0.15) is 0 Å². The van der Waals surface area contributed by atoms with Gasteiger partial charge >= 0.3 is 6.68 Å². The first kappa shape index (κ1) is 9.73. The van der Waals surface area contributed by atoms with Crippen molar-refractivity contribution in [2.75, 3.05) is 0 Å². The molecule has 0 saturated carbocycles. The van der Waals surface area contributed by atoms with Crippen LogP contribution in [0.25, 0.3) is 0 Å². The molecule has 0 atom stereocenters. The number of allylic oxidation sites excluding steroid dienone is 1. The summed E-state index contributed by atoms with van der Waals surface area (Å²) in [5.41, 5.74) is 0. The van der Waals surface area contributed by atoms with E-state index in [0.29, 0.717) is 0 Å². The van der Waals surface area contributed by atoms with Crippen LogP contribution in [0.2, 0.25) is 0 Å².